The third-order valence-corrected chi connectivity index (χ3v) is 10.5. The largest absolute Gasteiger partial charge is 0.0836 e. The van der Waals surface area contributed by atoms with Crippen LogP contribution in [0.25, 0.3) is 93.3 Å². The van der Waals surface area contributed by atoms with Gasteiger partial charge in [-0.25, -0.2) is 0 Å². The molecular weight excluding hydrogens is 577 g/mol. The molecule has 0 unspecified atom stereocenters. The van der Waals surface area contributed by atoms with Crippen LogP contribution >= 0.6 is 0 Å². The monoisotopic (exact) mass is 608 g/mol. The molecule has 0 N–H and O–H groups in total. The van der Waals surface area contributed by atoms with Crippen LogP contribution in [0, 0.1) is 0 Å². The van der Waals surface area contributed by atoms with Crippen LogP contribution in [0.2, 0.25) is 0 Å². The zero-order valence-corrected chi connectivity index (χ0v) is 26.6. The van der Waals surface area contributed by atoms with Gasteiger partial charge in [-0.2, -0.15) is 0 Å². The first kappa shape index (κ1) is 27.2. The van der Waals surface area contributed by atoms with Crippen LogP contribution in [0.4, 0.5) is 0 Å². The minimum absolute atomic E-state index is 1.09. The molecule has 0 heterocycles. The Morgan fingerprint density at radius 1 is 0.292 bits per heavy atom. The van der Waals surface area contributed by atoms with Crippen molar-refractivity contribution in [3.63, 3.8) is 0 Å². The van der Waals surface area contributed by atoms with Crippen molar-refractivity contribution in [2.24, 2.45) is 0 Å². The highest BCUT2D eigenvalue weighted by Crippen LogP contribution is 2.40. The summed E-state index contributed by atoms with van der Waals surface area (Å²) in [6.45, 7) is 0. The Morgan fingerprint density at radius 3 is 1.23 bits per heavy atom. The molecule has 0 aliphatic heterocycles. The number of allylic oxidation sites excluding steroid dienone is 1. The average Bonchev–Trinajstić information content (AvgIpc) is 3.18. The topological polar surface area (TPSA) is 0 Å². The summed E-state index contributed by atoms with van der Waals surface area (Å²) >= 11 is 0. The Morgan fingerprint density at radius 2 is 0.688 bits per heavy atom. The normalized spacial score (nSPS) is 12.8. The zero-order valence-electron chi connectivity index (χ0n) is 26.6. The molecule has 0 heteroatoms. The van der Waals surface area contributed by atoms with Crippen molar-refractivity contribution in [3.05, 3.63) is 175 Å². The maximum Gasteiger partial charge on any atom is -0.00928 e. The predicted octanol–water partition coefficient (Wildman–Crippen LogP) is 13.4. The van der Waals surface area contributed by atoms with E-state index >= 15 is 0 Å². The highest BCUT2D eigenvalue weighted by atomic mass is 14.2. The van der Waals surface area contributed by atoms with Crippen molar-refractivity contribution in [2.75, 3.05) is 0 Å². The van der Waals surface area contributed by atoms with Gasteiger partial charge in [-0.05, 0) is 135 Å². The van der Waals surface area contributed by atoms with Crippen molar-refractivity contribution in [3.8, 4) is 33.4 Å². The molecule has 0 atom stereocenters. The third-order valence-electron chi connectivity index (χ3n) is 10.5. The van der Waals surface area contributed by atoms with E-state index in [0.29, 0.717) is 0 Å². The summed E-state index contributed by atoms with van der Waals surface area (Å²) < 4.78 is 0. The van der Waals surface area contributed by atoms with Crippen molar-refractivity contribution in [2.45, 2.75) is 12.8 Å². The van der Waals surface area contributed by atoms with Gasteiger partial charge in [0.15, 0.2) is 0 Å². The second-order valence-corrected chi connectivity index (χ2v) is 13.2. The molecule has 0 amide bonds. The van der Waals surface area contributed by atoms with Crippen LogP contribution in [0.15, 0.2) is 164 Å². The van der Waals surface area contributed by atoms with Crippen LogP contribution in [-0.2, 0) is 6.42 Å². The summed E-state index contributed by atoms with van der Waals surface area (Å²) in [5.74, 6) is 0. The summed E-state index contributed by atoms with van der Waals surface area (Å²) in [5, 5.41) is 13.3. The van der Waals surface area contributed by atoms with Gasteiger partial charge >= 0.3 is 0 Å². The van der Waals surface area contributed by atoms with Crippen molar-refractivity contribution in [1.82, 2.24) is 0 Å². The van der Waals surface area contributed by atoms with Crippen LogP contribution in [0.1, 0.15) is 17.5 Å². The first-order valence-corrected chi connectivity index (χ1v) is 17.0. The Balaban J connectivity index is 1.07. The molecule has 0 saturated carbocycles. The standard InChI is InChI=1S/C48H32/c1-3-19-41-37(15-1)39-17-5-7-21-43(39)47-29-35(23-25-45(41)47)33-13-9-11-31(27-33)32-12-10-14-34(28-32)36-24-26-46-42-20-4-2-16-38(42)40-18-6-8-22-44(40)48(46)30-36/h1-7,9-21,23-30H,8,22H2. The van der Waals surface area contributed by atoms with E-state index in [2.05, 4.69) is 170 Å². The van der Waals surface area contributed by atoms with Gasteiger partial charge in [0.1, 0.15) is 0 Å². The Bertz CT molecular complexity index is 2740. The molecule has 10 rings (SSSR count). The molecule has 0 spiro atoms. The number of hydrogen-bond donors (Lipinski definition) is 0. The fraction of sp³-hybridized carbons (Fsp3) is 0.0417. The lowest BCUT2D eigenvalue weighted by atomic mass is 9.85. The maximum absolute atomic E-state index is 2.43. The summed E-state index contributed by atoms with van der Waals surface area (Å²) in [4.78, 5) is 0. The van der Waals surface area contributed by atoms with Gasteiger partial charge in [-0.1, -0.05) is 146 Å². The van der Waals surface area contributed by atoms with E-state index in [1.54, 1.807) is 0 Å². The fourth-order valence-electron chi connectivity index (χ4n) is 8.20. The van der Waals surface area contributed by atoms with Crippen molar-refractivity contribution >= 4 is 59.9 Å². The molecule has 0 saturated heterocycles. The lowest BCUT2D eigenvalue weighted by Gasteiger charge is -2.19. The van der Waals surface area contributed by atoms with Gasteiger partial charge in [0.25, 0.3) is 0 Å². The molecular formula is C48H32. The first-order chi connectivity index (χ1) is 23.8. The summed E-state index contributed by atoms with van der Waals surface area (Å²) in [6, 6.07) is 58.6. The summed E-state index contributed by atoms with van der Waals surface area (Å²) in [7, 11) is 0. The van der Waals surface area contributed by atoms with E-state index in [1.807, 2.05) is 0 Å². The predicted molar refractivity (Wildman–Crippen MR) is 208 cm³/mol. The number of aryl methyl sites for hydroxylation is 1. The van der Waals surface area contributed by atoms with E-state index in [4.69, 9.17) is 0 Å². The number of hydrogen-bond acceptors (Lipinski definition) is 0. The fourth-order valence-corrected chi connectivity index (χ4v) is 8.20. The Hall–Kier alpha value is -5.98. The summed E-state index contributed by atoms with van der Waals surface area (Å²) in [6.07, 6.45) is 6.84. The molecule has 0 fully saturated rings. The SMILES string of the molecule is C1=Cc2c(c3cc(-c4cccc(-c5cccc(-c6ccc7c8ccccc8c8ccccc8c7c6)c5)c4)ccc3c3ccccc23)CC1. The lowest BCUT2D eigenvalue weighted by molar-refractivity contribution is 1.00. The quantitative estimate of drug-likeness (QED) is 0.175. The molecule has 224 valence electrons. The van der Waals surface area contributed by atoms with Gasteiger partial charge < -0.3 is 0 Å². The second kappa shape index (κ2) is 10.8. The molecule has 9 aromatic carbocycles. The molecule has 1 aliphatic carbocycles. The molecule has 0 bridgehead atoms. The average molecular weight is 609 g/mol. The van der Waals surface area contributed by atoms with Crippen LogP contribution < -0.4 is 0 Å². The molecule has 0 nitrogen and oxygen atoms in total. The van der Waals surface area contributed by atoms with Crippen LogP contribution in [0.3, 0.4) is 0 Å². The van der Waals surface area contributed by atoms with E-state index in [1.165, 1.54) is 98.4 Å². The molecule has 48 heavy (non-hydrogen) atoms. The highest BCUT2D eigenvalue weighted by molar-refractivity contribution is 6.25. The number of rotatable bonds is 3. The minimum atomic E-state index is 1.09. The van der Waals surface area contributed by atoms with Crippen molar-refractivity contribution in [1.29, 1.82) is 0 Å². The summed E-state index contributed by atoms with van der Waals surface area (Å²) in [5.41, 5.74) is 10.3. The highest BCUT2D eigenvalue weighted by Gasteiger charge is 2.16. The smallest absolute Gasteiger partial charge is 0.00928 e. The van der Waals surface area contributed by atoms with E-state index in [0.717, 1.165) is 12.8 Å². The van der Waals surface area contributed by atoms with E-state index in [9.17, 15) is 0 Å². The number of fused-ring (bicyclic) bond motifs is 12. The minimum Gasteiger partial charge on any atom is -0.0836 e. The van der Waals surface area contributed by atoms with E-state index < -0.39 is 0 Å². The lowest BCUT2D eigenvalue weighted by Crippen LogP contribution is -1.98. The van der Waals surface area contributed by atoms with Gasteiger partial charge in [0, 0.05) is 0 Å². The van der Waals surface area contributed by atoms with Crippen LogP contribution in [-0.4, -0.2) is 0 Å². The maximum atomic E-state index is 2.43. The number of benzene rings is 9. The van der Waals surface area contributed by atoms with Gasteiger partial charge in [-0.3, -0.25) is 0 Å². The van der Waals surface area contributed by atoms with Gasteiger partial charge in [0.05, 0.1) is 0 Å². The molecule has 9 aromatic rings. The molecule has 0 radical (unpaired) electrons. The van der Waals surface area contributed by atoms with Gasteiger partial charge in [-0.15, -0.1) is 0 Å². The zero-order chi connectivity index (χ0) is 31.6. The first-order valence-electron chi connectivity index (χ1n) is 17.0. The Labute approximate surface area is 280 Å². The molecule has 0 aromatic heterocycles. The van der Waals surface area contributed by atoms with Crippen LogP contribution in [0.5, 0.6) is 0 Å². The third kappa shape index (κ3) is 4.23. The second-order valence-electron chi connectivity index (χ2n) is 13.2. The molecule has 1 aliphatic rings. The van der Waals surface area contributed by atoms with Crippen molar-refractivity contribution < 1.29 is 0 Å². The Kier molecular flexibility index (Phi) is 6.11. The van der Waals surface area contributed by atoms with Gasteiger partial charge in [0.2, 0.25) is 0 Å². The van der Waals surface area contributed by atoms with E-state index in [-0.39, 0.29) is 0 Å².